The van der Waals surface area contributed by atoms with E-state index in [0.717, 1.165) is 12.8 Å². The van der Waals surface area contributed by atoms with Crippen molar-refractivity contribution in [3.63, 3.8) is 0 Å². The molecule has 2 atom stereocenters. The first-order valence-electron chi connectivity index (χ1n) is 6.28. The third kappa shape index (κ3) is 3.35. The van der Waals surface area contributed by atoms with Gasteiger partial charge in [0.2, 0.25) is 10.0 Å². The zero-order chi connectivity index (χ0) is 14.0. The second-order valence-electron chi connectivity index (χ2n) is 4.75. The van der Waals surface area contributed by atoms with Crippen molar-refractivity contribution < 1.29 is 18.3 Å². The number of hydrogen-bond donors (Lipinski definition) is 2. The maximum absolute atomic E-state index is 12.3. The van der Waals surface area contributed by atoms with Crippen molar-refractivity contribution in [3.8, 4) is 0 Å². The molecule has 19 heavy (non-hydrogen) atoms. The number of rotatable bonds is 5. The first-order valence-corrected chi connectivity index (χ1v) is 8.58. The van der Waals surface area contributed by atoms with Crippen LogP contribution in [0.1, 0.15) is 29.5 Å². The van der Waals surface area contributed by atoms with Gasteiger partial charge in [-0.1, -0.05) is 0 Å². The van der Waals surface area contributed by atoms with Gasteiger partial charge < -0.3 is 9.84 Å². The molecule has 0 amide bonds. The Morgan fingerprint density at radius 1 is 1.63 bits per heavy atom. The maximum atomic E-state index is 12.3. The zero-order valence-electron chi connectivity index (χ0n) is 11.0. The van der Waals surface area contributed by atoms with Crippen LogP contribution in [0.3, 0.4) is 0 Å². The molecule has 0 bridgehead atoms. The summed E-state index contributed by atoms with van der Waals surface area (Å²) in [5.74, 6) is 0. The molecular weight excluding hydrogens is 286 g/mol. The Bertz CT molecular complexity index is 532. The second kappa shape index (κ2) is 5.88. The fourth-order valence-electron chi connectivity index (χ4n) is 2.25. The molecule has 0 aliphatic carbocycles. The summed E-state index contributed by atoms with van der Waals surface area (Å²) >= 11 is 1.30. The highest BCUT2D eigenvalue weighted by Gasteiger charge is 2.28. The monoisotopic (exact) mass is 305 g/mol. The van der Waals surface area contributed by atoms with Gasteiger partial charge >= 0.3 is 0 Å². The van der Waals surface area contributed by atoms with E-state index in [1.165, 1.54) is 17.4 Å². The summed E-state index contributed by atoms with van der Waals surface area (Å²) in [5, 5.41) is 9.07. The van der Waals surface area contributed by atoms with E-state index in [2.05, 4.69) is 4.72 Å². The highest BCUT2D eigenvalue weighted by molar-refractivity contribution is 7.89. The van der Waals surface area contributed by atoms with Gasteiger partial charge in [0, 0.05) is 22.4 Å². The van der Waals surface area contributed by atoms with E-state index in [4.69, 9.17) is 9.84 Å². The minimum Gasteiger partial charge on any atom is -0.391 e. The van der Waals surface area contributed by atoms with Crippen LogP contribution in [0.4, 0.5) is 0 Å². The van der Waals surface area contributed by atoms with Crippen molar-refractivity contribution in [2.75, 3.05) is 6.61 Å². The molecule has 108 valence electrons. The molecule has 2 heterocycles. The van der Waals surface area contributed by atoms with E-state index >= 15 is 0 Å². The molecular formula is C12H19NO4S2. The largest absolute Gasteiger partial charge is 0.391 e. The molecule has 1 aliphatic rings. The Hall–Kier alpha value is -0.470. The van der Waals surface area contributed by atoms with Crippen LogP contribution in [0, 0.1) is 6.92 Å². The van der Waals surface area contributed by atoms with Gasteiger partial charge in [0.1, 0.15) is 0 Å². The Labute approximate surface area is 117 Å². The zero-order valence-corrected chi connectivity index (χ0v) is 12.7. The Kier molecular flexibility index (Phi) is 4.62. The predicted octanol–water partition coefficient (Wildman–Crippen LogP) is 1.39. The van der Waals surface area contributed by atoms with E-state index in [-0.39, 0.29) is 23.6 Å². The van der Waals surface area contributed by atoms with Crippen LogP contribution in [0.5, 0.6) is 0 Å². The number of aryl methyl sites for hydroxylation is 1. The third-order valence-electron chi connectivity index (χ3n) is 3.23. The lowest BCUT2D eigenvalue weighted by atomic mass is 10.1. The fraction of sp³-hybridized carbons (Fsp3) is 0.667. The molecule has 0 aromatic carbocycles. The molecule has 2 rings (SSSR count). The van der Waals surface area contributed by atoms with Crippen molar-refractivity contribution in [1.82, 2.24) is 4.72 Å². The van der Waals surface area contributed by atoms with E-state index in [9.17, 15) is 8.42 Å². The number of thiophene rings is 1. The van der Waals surface area contributed by atoms with Crippen molar-refractivity contribution in [1.29, 1.82) is 0 Å². The van der Waals surface area contributed by atoms with Crippen molar-refractivity contribution in [3.05, 3.63) is 15.8 Å². The third-order valence-corrected chi connectivity index (χ3v) is 6.08. The van der Waals surface area contributed by atoms with E-state index < -0.39 is 10.0 Å². The average molecular weight is 305 g/mol. The molecule has 0 radical (unpaired) electrons. The van der Waals surface area contributed by atoms with Crippen LogP contribution in [0.2, 0.25) is 0 Å². The highest BCUT2D eigenvalue weighted by atomic mass is 32.2. The summed E-state index contributed by atoms with van der Waals surface area (Å²) in [4.78, 5) is 1.60. The van der Waals surface area contributed by atoms with Gasteiger partial charge in [0.05, 0.1) is 17.6 Å². The molecule has 1 aromatic heterocycles. The molecule has 1 aromatic rings. The van der Waals surface area contributed by atoms with E-state index in [1.54, 1.807) is 6.92 Å². The lowest BCUT2D eigenvalue weighted by molar-refractivity contribution is 0.0902. The summed E-state index contributed by atoms with van der Waals surface area (Å²) in [7, 11) is -3.55. The lowest BCUT2D eigenvalue weighted by Gasteiger charge is -2.19. The van der Waals surface area contributed by atoms with Gasteiger partial charge in [0.15, 0.2) is 0 Å². The summed E-state index contributed by atoms with van der Waals surface area (Å²) in [6.45, 7) is 4.13. The van der Waals surface area contributed by atoms with Gasteiger partial charge in [-0.3, -0.25) is 0 Å². The lowest BCUT2D eigenvalue weighted by Crippen LogP contribution is -2.40. The topological polar surface area (TPSA) is 75.6 Å². The standard InChI is InChI=1S/C12H19NO4S2/c1-8(11-4-3-5-17-11)13-19(15,16)12-6-10(7-14)18-9(12)2/h6,8,11,13-14H,3-5,7H2,1-2H3. The Morgan fingerprint density at radius 2 is 2.37 bits per heavy atom. The summed E-state index contributed by atoms with van der Waals surface area (Å²) in [6, 6.07) is 1.29. The van der Waals surface area contributed by atoms with Crippen LogP contribution >= 0.6 is 11.3 Å². The smallest absolute Gasteiger partial charge is 0.242 e. The van der Waals surface area contributed by atoms with Crippen LogP contribution in [-0.2, 0) is 21.4 Å². The molecule has 0 spiro atoms. The minimum atomic E-state index is -3.55. The van der Waals surface area contributed by atoms with Crippen molar-refractivity contribution >= 4 is 21.4 Å². The summed E-state index contributed by atoms with van der Waals surface area (Å²) in [5.41, 5.74) is 0. The molecule has 0 saturated carbocycles. The Morgan fingerprint density at radius 3 is 2.89 bits per heavy atom. The molecule has 2 unspecified atom stereocenters. The number of sulfonamides is 1. The first kappa shape index (κ1) is 14.9. The second-order valence-corrected chi connectivity index (χ2v) is 7.78. The van der Waals surface area contributed by atoms with Gasteiger partial charge in [-0.25, -0.2) is 13.1 Å². The summed E-state index contributed by atoms with van der Waals surface area (Å²) in [6.07, 6.45) is 1.81. The minimum absolute atomic E-state index is 0.0500. The van der Waals surface area contributed by atoms with Crippen LogP contribution in [0.15, 0.2) is 11.0 Å². The molecule has 7 heteroatoms. The van der Waals surface area contributed by atoms with Gasteiger partial charge in [-0.15, -0.1) is 11.3 Å². The van der Waals surface area contributed by atoms with Crippen molar-refractivity contribution in [2.45, 2.75) is 50.3 Å². The normalized spacial score (nSPS) is 21.7. The van der Waals surface area contributed by atoms with Gasteiger partial charge in [-0.05, 0) is 32.8 Å². The Balaban J connectivity index is 2.14. The fourth-order valence-corrected chi connectivity index (χ4v) is 5.02. The molecule has 2 N–H and O–H groups in total. The van der Waals surface area contributed by atoms with Crippen LogP contribution < -0.4 is 4.72 Å². The molecule has 5 nitrogen and oxygen atoms in total. The van der Waals surface area contributed by atoms with Gasteiger partial charge in [-0.2, -0.15) is 0 Å². The highest BCUT2D eigenvalue weighted by Crippen LogP contribution is 2.26. The maximum Gasteiger partial charge on any atom is 0.242 e. The van der Waals surface area contributed by atoms with E-state index in [0.29, 0.717) is 16.4 Å². The quantitative estimate of drug-likeness (QED) is 0.862. The van der Waals surface area contributed by atoms with Gasteiger partial charge in [0.25, 0.3) is 0 Å². The summed E-state index contributed by atoms with van der Waals surface area (Å²) < 4.78 is 32.8. The number of hydrogen-bond acceptors (Lipinski definition) is 5. The molecule has 1 fully saturated rings. The van der Waals surface area contributed by atoms with Crippen molar-refractivity contribution in [2.24, 2.45) is 0 Å². The SMILES string of the molecule is Cc1sc(CO)cc1S(=O)(=O)NC(C)C1CCCO1. The van der Waals surface area contributed by atoms with E-state index in [1.807, 2.05) is 6.92 Å². The first-order chi connectivity index (χ1) is 8.94. The molecule has 1 aliphatic heterocycles. The molecule has 1 saturated heterocycles. The van der Waals surface area contributed by atoms with Crippen LogP contribution in [-0.4, -0.2) is 32.3 Å². The predicted molar refractivity (Wildman–Crippen MR) is 73.7 cm³/mol. The average Bonchev–Trinajstić information content (AvgIpc) is 2.96. The van der Waals surface area contributed by atoms with Crippen LogP contribution in [0.25, 0.3) is 0 Å². The number of nitrogens with one attached hydrogen (secondary N) is 1. The number of aliphatic hydroxyl groups excluding tert-OH is 1. The number of aliphatic hydroxyl groups is 1. The number of ether oxygens (including phenoxy) is 1.